The summed E-state index contributed by atoms with van der Waals surface area (Å²) in [5.41, 5.74) is 6.33. The van der Waals surface area contributed by atoms with Gasteiger partial charge in [-0.2, -0.15) is 4.31 Å². The first-order chi connectivity index (χ1) is 16.5. The van der Waals surface area contributed by atoms with E-state index in [-0.39, 0.29) is 47.3 Å². The molecule has 190 valence electrons. The van der Waals surface area contributed by atoms with E-state index >= 15 is 0 Å². The molecule has 2 aromatic carbocycles. The van der Waals surface area contributed by atoms with Crippen LogP contribution in [0.3, 0.4) is 0 Å². The van der Waals surface area contributed by atoms with Gasteiger partial charge >= 0.3 is 0 Å². The highest BCUT2D eigenvalue weighted by atomic mass is 32.2. The van der Waals surface area contributed by atoms with E-state index in [0.717, 1.165) is 47.5 Å². The number of halogens is 4. The Kier molecular flexibility index (Phi) is 7.21. The quantitative estimate of drug-likeness (QED) is 0.455. The highest BCUT2D eigenvalue weighted by Crippen LogP contribution is 2.40. The van der Waals surface area contributed by atoms with Crippen LogP contribution in [0.4, 0.5) is 17.6 Å². The van der Waals surface area contributed by atoms with Crippen LogP contribution >= 0.6 is 0 Å². The molecule has 0 aromatic heterocycles. The Bertz CT molecular complexity index is 1200. The molecule has 2 aliphatic rings. The third-order valence-corrected chi connectivity index (χ3v) is 8.91. The molecular weight excluding hydrogens is 486 g/mol. The van der Waals surface area contributed by atoms with Crippen LogP contribution in [0, 0.1) is 29.2 Å². The first-order valence-corrected chi connectivity index (χ1v) is 12.8. The zero-order valence-corrected chi connectivity index (χ0v) is 19.9. The number of rotatable bonds is 7. The van der Waals surface area contributed by atoms with Crippen LogP contribution in [0.15, 0.2) is 41.3 Å². The molecule has 1 unspecified atom stereocenters. The van der Waals surface area contributed by atoms with Crippen LogP contribution in [0.25, 0.3) is 0 Å². The summed E-state index contributed by atoms with van der Waals surface area (Å²) in [6.07, 6.45) is 2.65. The lowest BCUT2D eigenvalue weighted by Gasteiger charge is -2.41. The molecule has 2 N–H and O–H groups in total. The number of fused-ring (bicyclic) bond motifs is 2. The second kappa shape index (κ2) is 9.87. The largest absolute Gasteiger partial charge is 0.336 e. The van der Waals surface area contributed by atoms with Crippen molar-refractivity contribution in [2.75, 3.05) is 13.6 Å². The Hall–Kier alpha value is -2.50. The number of carbonyl (C=O) groups is 1. The Morgan fingerprint density at radius 2 is 1.60 bits per heavy atom. The maximum Gasteiger partial charge on any atom is 0.243 e. The van der Waals surface area contributed by atoms with E-state index in [2.05, 4.69) is 0 Å². The fourth-order valence-electron chi connectivity index (χ4n) is 5.26. The smallest absolute Gasteiger partial charge is 0.243 e. The highest BCUT2D eigenvalue weighted by Gasteiger charge is 2.45. The standard InChI is InChI=1S/C24H27F4N3O3S/c1-30(35(33,34)19-6-2-16(25)3-7-19)13-24(32)31-17-4-5-18(31)9-15(8-17)23(29)11-14-10-21(27)22(28)12-20(14)26/h2-3,6-7,10,12,15,17-18,23H,4-5,8-9,11,13,29H2,1H3/t15?,17-,18+,23-/m1/s1. The summed E-state index contributed by atoms with van der Waals surface area (Å²) in [7, 11) is -2.66. The van der Waals surface area contributed by atoms with Gasteiger partial charge in [0.15, 0.2) is 11.6 Å². The third kappa shape index (κ3) is 5.22. The molecular formula is C24H27F4N3O3S. The number of amides is 1. The number of nitrogens with two attached hydrogens (primary N) is 1. The lowest BCUT2D eigenvalue weighted by molar-refractivity contribution is -0.136. The zero-order valence-electron chi connectivity index (χ0n) is 19.1. The van der Waals surface area contributed by atoms with Crippen molar-refractivity contribution in [3.8, 4) is 0 Å². The van der Waals surface area contributed by atoms with Crippen LogP contribution in [-0.4, -0.2) is 55.2 Å². The van der Waals surface area contributed by atoms with Gasteiger partial charge in [0.2, 0.25) is 15.9 Å². The SMILES string of the molecule is CN(CC(=O)N1[C@@H]2CC[C@H]1CC([C@H](N)Cc1cc(F)c(F)cc1F)C2)S(=O)(=O)c1ccc(F)cc1. The van der Waals surface area contributed by atoms with Crippen molar-refractivity contribution in [1.29, 1.82) is 0 Å². The van der Waals surface area contributed by atoms with Gasteiger partial charge in [-0.1, -0.05) is 0 Å². The maximum absolute atomic E-state index is 14.1. The molecule has 4 atom stereocenters. The third-order valence-electron chi connectivity index (χ3n) is 7.09. The lowest BCUT2D eigenvalue weighted by atomic mass is 9.82. The van der Waals surface area contributed by atoms with Gasteiger partial charge < -0.3 is 10.6 Å². The van der Waals surface area contributed by atoms with E-state index in [1.54, 1.807) is 4.90 Å². The van der Waals surface area contributed by atoms with Gasteiger partial charge in [0.05, 0.1) is 11.4 Å². The molecule has 2 aromatic rings. The van der Waals surface area contributed by atoms with Crippen molar-refractivity contribution < 1.29 is 30.8 Å². The number of piperidine rings is 1. The lowest BCUT2D eigenvalue weighted by Crippen LogP contribution is -2.52. The topological polar surface area (TPSA) is 83.7 Å². The van der Waals surface area contributed by atoms with E-state index in [1.165, 1.54) is 7.05 Å². The van der Waals surface area contributed by atoms with E-state index in [9.17, 15) is 30.8 Å². The molecule has 2 saturated heterocycles. The van der Waals surface area contributed by atoms with Crippen molar-refractivity contribution in [3.05, 3.63) is 65.2 Å². The van der Waals surface area contributed by atoms with Crippen LogP contribution in [0.1, 0.15) is 31.2 Å². The molecule has 0 spiro atoms. The number of benzene rings is 2. The summed E-state index contributed by atoms with van der Waals surface area (Å²) in [6, 6.07) is 4.97. The molecule has 1 amide bonds. The minimum absolute atomic E-state index is 0.00915. The second-order valence-electron chi connectivity index (χ2n) is 9.36. The molecule has 2 bridgehead atoms. The molecule has 2 heterocycles. The monoisotopic (exact) mass is 513 g/mol. The van der Waals surface area contributed by atoms with Gasteiger partial charge in [0.25, 0.3) is 0 Å². The van der Waals surface area contributed by atoms with E-state index < -0.39 is 39.3 Å². The van der Waals surface area contributed by atoms with E-state index in [1.807, 2.05) is 0 Å². The molecule has 0 radical (unpaired) electrons. The zero-order chi connectivity index (χ0) is 25.5. The van der Waals surface area contributed by atoms with E-state index in [4.69, 9.17) is 5.73 Å². The van der Waals surface area contributed by atoms with Crippen molar-refractivity contribution in [2.24, 2.45) is 11.7 Å². The second-order valence-corrected chi connectivity index (χ2v) is 11.4. The van der Waals surface area contributed by atoms with Gasteiger partial charge in [-0.05, 0) is 73.9 Å². The number of hydrogen-bond acceptors (Lipinski definition) is 4. The van der Waals surface area contributed by atoms with Crippen molar-refractivity contribution in [1.82, 2.24) is 9.21 Å². The van der Waals surface area contributed by atoms with Crippen LogP contribution in [-0.2, 0) is 21.2 Å². The maximum atomic E-state index is 14.1. The summed E-state index contributed by atoms with van der Waals surface area (Å²) in [5, 5.41) is 0. The molecule has 2 aliphatic heterocycles. The van der Waals surface area contributed by atoms with Gasteiger partial charge in [0, 0.05) is 31.2 Å². The Labute approximate surface area is 201 Å². The first-order valence-electron chi connectivity index (χ1n) is 11.4. The molecule has 0 saturated carbocycles. The Balaban J connectivity index is 1.40. The first kappa shape index (κ1) is 25.6. The Morgan fingerprint density at radius 1 is 1.03 bits per heavy atom. The fourth-order valence-corrected chi connectivity index (χ4v) is 6.38. The summed E-state index contributed by atoms with van der Waals surface area (Å²) in [5.74, 6) is -4.17. The number of likely N-dealkylation sites (N-methyl/N-ethyl adjacent to an activating group) is 1. The normalized spacial score (nSPS) is 23.1. The van der Waals surface area contributed by atoms with E-state index in [0.29, 0.717) is 18.9 Å². The molecule has 4 rings (SSSR count). The number of hydrogen-bond donors (Lipinski definition) is 1. The predicted octanol–water partition coefficient (Wildman–Crippen LogP) is 3.20. The van der Waals surface area contributed by atoms with Crippen molar-refractivity contribution in [2.45, 2.75) is 55.1 Å². The molecule has 6 nitrogen and oxygen atoms in total. The van der Waals surface area contributed by atoms with Gasteiger partial charge in [-0.25, -0.2) is 26.0 Å². The summed E-state index contributed by atoms with van der Waals surface area (Å²) in [6.45, 7) is -0.358. The van der Waals surface area contributed by atoms with Gasteiger partial charge in [0.1, 0.15) is 11.6 Å². The van der Waals surface area contributed by atoms with Crippen LogP contribution in [0.5, 0.6) is 0 Å². The van der Waals surface area contributed by atoms with Crippen molar-refractivity contribution in [3.63, 3.8) is 0 Å². The fraction of sp³-hybridized carbons (Fsp3) is 0.458. The van der Waals surface area contributed by atoms with Crippen LogP contribution in [0.2, 0.25) is 0 Å². The highest BCUT2D eigenvalue weighted by molar-refractivity contribution is 7.89. The van der Waals surface area contributed by atoms with Crippen molar-refractivity contribution >= 4 is 15.9 Å². The summed E-state index contributed by atoms with van der Waals surface area (Å²) in [4.78, 5) is 14.7. The molecule has 11 heteroatoms. The van der Waals surface area contributed by atoms with Crippen LogP contribution < -0.4 is 5.73 Å². The number of nitrogens with zero attached hydrogens (tertiary/aromatic N) is 2. The predicted molar refractivity (Wildman–Crippen MR) is 121 cm³/mol. The average Bonchev–Trinajstić information content (AvgIpc) is 3.07. The summed E-state index contributed by atoms with van der Waals surface area (Å²) >= 11 is 0. The number of sulfonamides is 1. The van der Waals surface area contributed by atoms with Gasteiger partial charge in [-0.15, -0.1) is 0 Å². The minimum atomic E-state index is -3.97. The molecule has 2 fully saturated rings. The molecule has 0 aliphatic carbocycles. The van der Waals surface area contributed by atoms with Gasteiger partial charge in [-0.3, -0.25) is 4.79 Å². The number of carbonyl (C=O) groups excluding carboxylic acids is 1. The average molecular weight is 514 g/mol. The molecule has 35 heavy (non-hydrogen) atoms. The Morgan fingerprint density at radius 3 is 2.20 bits per heavy atom. The minimum Gasteiger partial charge on any atom is -0.336 e. The summed E-state index contributed by atoms with van der Waals surface area (Å²) < 4.78 is 80.5.